The van der Waals surface area contributed by atoms with Crippen LogP contribution >= 0.6 is 0 Å². The molecule has 0 fully saturated rings. The monoisotopic (exact) mass is 236 g/mol. The second-order valence-electron chi connectivity index (χ2n) is 4.31. The minimum atomic E-state index is -0.0948. The third kappa shape index (κ3) is 2.34. The summed E-state index contributed by atoms with van der Waals surface area (Å²) in [6.07, 6.45) is 0. The molecule has 0 radical (unpaired) electrons. The van der Waals surface area contributed by atoms with Gasteiger partial charge < -0.3 is 20.5 Å². The summed E-state index contributed by atoms with van der Waals surface area (Å²) < 4.78 is 5.33. The summed E-state index contributed by atoms with van der Waals surface area (Å²) in [5, 5.41) is 9.05. The minimum absolute atomic E-state index is 0.0224. The molecule has 5 nitrogen and oxygen atoms in total. The lowest BCUT2D eigenvalue weighted by Gasteiger charge is -2.31. The first-order valence-electron chi connectivity index (χ1n) is 5.55. The molecule has 1 amide bonds. The Labute approximate surface area is 99.8 Å². The van der Waals surface area contributed by atoms with Crippen LogP contribution in [0.1, 0.15) is 6.92 Å². The van der Waals surface area contributed by atoms with Crippen molar-refractivity contribution in [2.75, 3.05) is 30.4 Å². The number of hydrogen-bond acceptors (Lipinski definition) is 4. The second kappa shape index (κ2) is 4.63. The Morgan fingerprint density at radius 2 is 2.35 bits per heavy atom. The lowest BCUT2D eigenvalue weighted by molar-refractivity contribution is -0.121. The highest BCUT2D eigenvalue weighted by Gasteiger charge is 2.26. The first kappa shape index (κ1) is 11.7. The van der Waals surface area contributed by atoms with E-state index in [1.165, 1.54) is 0 Å². The Morgan fingerprint density at radius 3 is 3.06 bits per heavy atom. The summed E-state index contributed by atoms with van der Waals surface area (Å²) in [4.78, 5) is 13.4. The van der Waals surface area contributed by atoms with E-state index in [4.69, 9.17) is 15.6 Å². The molecule has 3 N–H and O–H groups in total. The number of anilines is 2. The van der Waals surface area contributed by atoms with Crippen molar-refractivity contribution < 1.29 is 14.6 Å². The summed E-state index contributed by atoms with van der Waals surface area (Å²) in [6, 6.07) is 5.21. The van der Waals surface area contributed by atoms with Crippen molar-refractivity contribution in [2.24, 2.45) is 5.92 Å². The normalized spacial score (nSPS) is 16.4. The summed E-state index contributed by atoms with van der Waals surface area (Å²) in [5.74, 6) is 0.555. The number of ether oxygens (including phenoxy) is 1. The highest BCUT2D eigenvalue weighted by atomic mass is 16.5. The summed E-state index contributed by atoms with van der Waals surface area (Å²) >= 11 is 0. The second-order valence-corrected chi connectivity index (χ2v) is 4.31. The van der Waals surface area contributed by atoms with Crippen LogP contribution in [0.3, 0.4) is 0 Å². The highest BCUT2D eigenvalue weighted by Crippen LogP contribution is 2.34. The molecule has 2 rings (SSSR count). The van der Waals surface area contributed by atoms with Gasteiger partial charge in [-0.2, -0.15) is 0 Å². The lowest BCUT2D eigenvalue weighted by atomic mass is 10.1. The van der Waals surface area contributed by atoms with E-state index < -0.39 is 0 Å². The molecule has 0 saturated carbocycles. The number of fused-ring (bicyclic) bond motifs is 1. The number of amides is 1. The molecule has 1 aromatic rings. The van der Waals surface area contributed by atoms with Crippen molar-refractivity contribution in [2.45, 2.75) is 6.92 Å². The van der Waals surface area contributed by atoms with Crippen LogP contribution in [-0.2, 0) is 4.79 Å². The molecular weight excluding hydrogens is 220 g/mol. The number of carbonyl (C=O) groups is 1. The van der Waals surface area contributed by atoms with E-state index in [0.29, 0.717) is 18.0 Å². The Morgan fingerprint density at radius 1 is 1.59 bits per heavy atom. The number of nitrogens with two attached hydrogens (primary N) is 1. The molecule has 0 spiro atoms. The van der Waals surface area contributed by atoms with E-state index in [1.807, 2.05) is 6.92 Å². The zero-order valence-electron chi connectivity index (χ0n) is 9.72. The van der Waals surface area contributed by atoms with Crippen LogP contribution in [-0.4, -0.2) is 30.8 Å². The molecule has 1 aliphatic heterocycles. The van der Waals surface area contributed by atoms with Gasteiger partial charge in [-0.3, -0.25) is 4.79 Å². The third-order valence-electron chi connectivity index (χ3n) is 2.73. The molecule has 0 saturated heterocycles. The zero-order valence-corrected chi connectivity index (χ0v) is 9.72. The summed E-state index contributed by atoms with van der Waals surface area (Å²) in [6.45, 7) is 2.44. The molecule has 0 aromatic heterocycles. The Hall–Kier alpha value is -1.75. The van der Waals surface area contributed by atoms with Gasteiger partial charge in [-0.25, -0.2) is 0 Å². The van der Waals surface area contributed by atoms with E-state index in [0.717, 1.165) is 5.69 Å². The molecule has 5 heteroatoms. The van der Waals surface area contributed by atoms with Gasteiger partial charge in [-0.15, -0.1) is 0 Å². The molecule has 1 aromatic carbocycles. The maximum Gasteiger partial charge on any atom is 0.265 e. The van der Waals surface area contributed by atoms with Crippen LogP contribution in [0.5, 0.6) is 5.75 Å². The molecular formula is C12H16N2O3. The molecule has 1 unspecified atom stereocenters. The van der Waals surface area contributed by atoms with Crippen LogP contribution < -0.4 is 15.4 Å². The van der Waals surface area contributed by atoms with Crippen molar-refractivity contribution in [3.05, 3.63) is 18.2 Å². The number of hydrogen-bond donors (Lipinski definition) is 2. The largest absolute Gasteiger partial charge is 0.481 e. The van der Waals surface area contributed by atoms with Gasteiger partial charge in [0.05, 0.1) is 5.69 Å². The molecule has 1 aliphatic rings. The fourth-order valence-corrected chi connectivity index (χ4v) is 1.79. The van der Waals surface area contributed by atoms with E-state index >= 15 is 0 Å². The minimum Gasteiger partial charge on any atom is -0.481 e. The lowest BCUT2D eigenvalue weighted by Crippen LogP contribution is -2.41. The van der Waals surface area contributed by atoms with Crippen LogP contribution in [0, 0.1) is 5.92 Å². The topological polar surface area (TPSA) is 75.8 Å². The van der Waals surface area contributed by atoms with Crippen LogP contribution in [0.4, 0.5) is 11.4 Å². The average molecular weight is 236 g/mol. The third-order valence-corrected chi connectivity index (χ3v) is 2.73. The van der Waals surface area contributed by atoms with E-state index in [2.05, 4.69) is 0 Å². The Kier molecular flexibility index (Phi) is 3.19. The first-order valence-corrected chi connectivity index (χ1v) is 5.55. The van der Waals surface area contributed by atoms with Gasteiger partial charge in [0.1, 0.15) is 5.75 Å². The number of rotatable bonds is 3. The van der Waals surface area contributed by atoms with Crippen molar-refractivity contribution in [3.8, 4) is 5.75 Å². The quantitative estimate of drug-likeness (QED) is 0.754. The van der Waals surface area contributed by atoms with Crippen molar-refractivity contribution in [3.63, 3.8) is 0 Å². The standard InChI is InChI=1S/C12H16N2O3/c1-8(6-15)5-14-10-3-2-9(13)4-11(10)17-7-12(14)16/h2-4,8,15H,5-7,13H2,1H3. The van der Waals surface area contributed by atoms with Crippen molar-refractivity contribution >= 4 is 17.3 Å². The number of carbonyl (C=O) groups excluding carboxylic acids is 1. The van der Waals surface area contributed by atoms with Crippen LogP contribution in [0.15, 0.2) is 18.2 Å². The van der Waals surface area contributed by atoms with Gasteiger partial charge in [0.15, 0.2) is 6.61 Å². The van der Waals surface area contributed by atoms with Crippen molar-refractivity contribution in [1.82, 2.24) is 0 Å². The van der Waals surface area contributed by atoms with Gasteiger partial charge in [0.2, 0.25) is 0 Å². The number of nitrogens with zero attached hydrogens (tertiary/aromatic N) is 1. The van der Waals surface area contributed by atoms with Gasteiger partial charge in [-0.1, -0.05) is 6.92 Å². The van der Waals surface area contributed by atoms with E-state index in [9.17, 15) is 4.79 Å². The molecule has 1 heterocycles. The van der Waals surface area contributed by atoms with Gasteiger partial charge in [-0.05, 0) is 18.1 Å². The Bertz CT molecular complexity index is 434. The number of nitrogen functional groups attached to an aromatic ring is 1. The van der Waals surface area contributed by atoms with Crippen LogP contribution in [0.2, 0.25) is 0 Å². The van der Waals surface area contributed by atoms with Gasteiger partial charge in [0.25, 0.3) is 5.91 Å². The van der Waals surface area contributed by atoms with Crippen LogP contribution in [0.25, 0.3) is 0 Å². The average Bonchev–Trinajstić information content (AvgIpc) is 2.32. The zero-order chi connectivity index (χ0) is 12.4. The smallest absolute Gasteiger partial charge is 0.265 e. The molecule has 0 bridgehead atoms. The predicted molar refractivity (Wildman–Crippen MR) is 65.0 cm³/mol. The fourth-order valence-electron chi connectivity index (χ4n) is 1.79. The maximum atomic E-state index is 11.8. The fraction of sp³-hybridized carbons (Fsp3) is 0.417. The molecule has 1 atom stereocenters. The number of benzene rings is 1. The number of aliphatic hydroxyl groups is 1. The maximum absolute atomic E-state index is 11.8. The van der Waals surface area contributed by atoms with E-state index in [1.54, 1.807) is 23.1 Å². The van der Waals surface area contributed by atoms with E-state index in [-0.39, 0.29) is 25.0 Å². The Balaban J connectivity index is 2.30. The first-order chi connectivity index (χ1) is 8.11. The number of aliphatic hydroxyl groups excluding tert-OH is 1. The van der Waals surface area contributed by atoms with Crippen molar-refractivity contribution in [1.29, 1.82) is 0 Å². The predicted octanol–water partition coefficient (Wildman–Crippen LogP) is 0.623. The van der Waals surface area contributed by atoms with Gasteiger partial charge >= 0.3 is 0 Å². The molecule has 17 heavy (non-hydrogen) atoms. The summed E-state index contributed by atoms with van der Waals surface area (Å²) in [5.41, 5.74) is 6.99. The molecule has 0 aliphatic carbocycles. The SMILES string of the molecule is CC(CO)CN1C(=O)COc2cc(N)ccc21. The van der Waals surface area contributed by atoms with Gasteiger partial charge in [0, 0.05) is 24.9 Å². The molecule has 92 valence electrons. The summed E-state index contributed by atoms with van der Waals surface area (Å²) in [7, 11) is 0. The highest BCUT2D eigenvalue weighted by molar-refractivity contribution is 5.98.